The largest absolute Gasteiger partial charge is 0.336 e. The van der Waals surface area contributed by atoms with E-state index in [2.05, 4.69) is 9.97 Å². The minimum absolute atomic E-state index is 0.0626. The summed E-state index contributed by atoms with van der Waals surface area (Å²) in [5.74, 6) is 0.112. The first-order chi connectivity index (χ1) is 14.2. The molecule has 1 amide bonds. The highest BCUT2D eigenvalue weighted by Crippen LogP contribution is 2.26. The first-order valence-electron chi connectivity index (χ1n) is 11.2. The fraction of sp³-hybridized carbons (Fsp3) is 0.652. The summed E-state index contributed by atoms with van der Waals surface area (Å²) in [4.78, 5) is 48.1. The molecule has 7 heteroatoms. The van der Waals surface area contributed by atoms with Crippen LogP contribution in [-0.4, -0.2) is 37.9 Å². The number of carbonyl (C=O) groups is 1. The zero-order chi connectivity index (χ0) is 22.0. The molecule has 3 rings (SSSR count). The SMILES string of the molecule is CCN(C(=O)c1cc(C(C)C)nc2c1c(=O)[nH]c(=O)n2CC(C)C)C1CCCCC1. The van der Waals surface area contributed by atoms with E-state index in [4.69, 9.17) is 0 Å². The molecule has 1 saturated carbocycles. The van der Waals surface area contributed by atoms with Crippen LogP contribution in [0.1, 0.15) is 88.7 Å². The molecule has 0 radical (unpaired) electrons. The third kappa shape index (κ3) is 4.35. The van der Waals surface area contributed by atoms with E-state index in [-0.39, 0.29) is 29.2 Å². The molecule has 0 unspecified atom stereocenters. The Bertz CT molecular complexity index is 1030. The summed E-state index contributed by atoms with van der Waals surface area (Å²) < 4.78 is 1.50. The number of amides is 1. The van der Waals surface area contributed by atoms with Crippen molar-refractivity contribution >= 4 is 16.9 Å². The summed E-state index contributed by atoms with van der Waals surface area (Å²) in [5.41, 5.74) is 0.364. The average molecular weight is 415 g/mol. The predicted octanol–water partition coefficient (Wildman–Crippen LogP) is 3.66. The lowest BCUT2D eigenvalue weighted by Gasteiger charge is -2.34. The summed E-state index contributed by atoms with van der Waals surface area (Å²) in [5, 5.41) is 0.221. The Balaban J connectivity index is 2.25. The molecular formula is C23H34N4O3. The molecule has 0 spiro atoms. The summed E-state index contributed by atoms with van der Waals surface area (Å²) in [6.07, 6.45) is 5.44. The van der Waals surface area contributed by atoms with Gasteiger partial charge >= 0.3 is 5.69 Å². The number of carbonyl (C=O) groups excluding carboxylic acids is 1. The van der Waals surface area contributed by atoms with Crippen LogP contribution in [-0.2, 0) is 6.54 Å². The first kappa shape index (κ1) is 22.2. The Kier molecular flexibility index (Phi) is 6.78. The third-order valence-corrected chi connectivity index (χ3v) is 5.96. The van der Waals surface area contributed by atoms with Crippen LogP contribution in [0.2, 0.25) is 0 Å². The Morgan fingerprint density at radius 1 is 1.20 bits per heavy atom. The Morgan fingerprint density at radius 3 is 2.43 bits per heavy atom. The Morgan fingerprint density at radius 2 is 1.87 bits per heavy atom. The van der Waals surface area contributed by atoms with Crippen LogP contribution in [0.25, 0.3) is 11.0 Å². The van der Waals surface area contributed by atoms with E-state index in [1.54, 1.807) is 6.07 Å². The van der Waals surface area contributed by atoms with Crippen molar-refractivity contribution in [2.75, 3.05) is 6.54 Å². The molecule has 1 aliphatic carbocycles. The second kappa shape index (κ2) is 9.14. The van der Waals surface area contributed by atoms with Crippen LogP contribution in [0, 0.1) is 5.92 Å². The number of aromatic amines is 1. The summed E-state index contributed by atoms with van der Waals surface area (Å²) in [6, 6.07) is 1.95. The van der Waals surface area contributed by atoms with Crippen molar-refractivity contribution < 1.29 is 4.79 Å². The van der Waals surface area contributed by atoms with Crippen molar-refractivity contribution in [2.45, 2.75) is 85.2 Å². The number of hydrogen-bond donors (Lipinski definition) is 1. The van der Waals surface area contributed by atoms with Gasteiger partial charge in [0, 0.05) is 24.8 Å². The fourth-order valence-electron chi connectivity index (χ4n) is 4.41. The van der Waals surface area contributed by atoms with E-state index in [1.165, 1.54) is 11.0 Å². The van der Waals surface area contributed by atoms with Gasteiger partial charge in [-0.1, -0.05) is 47.0 Å². The lowest BCUT2D eigenvalue weighted by molar-refractivity contribution is 0.0649. The van der Waals surface area contributed by atoms with Crippen molar-refractivity contribution in [1.29, 1.82) is 0 Å². The maximum absolute atomic E-state index is 13.7. The predicted molar refractivity (Wildman–Crippen MR) is 119 cm³/mol. The van der Waals surface area contributed by atoms with Crippen molar-refractivity contribution in [1.82, 2.24) is 19.4 Å². The number of fused-ring (bicyclic) bond motifs is 1. The smallest absolute Gasteiger partial charge is 0.330 e. The van der Waals surface area contributed by atoms with Crippen molar-refractivity contribution in [3.05, 3.63) is 38.2 Å². The van der Waals surface area contributed by atoms with Gasteiger partial charge in [0.05, 0.1) is 10.9 Å². The molecule has 0 aliphatic heterocycles. The highest BCUT2D eigenvalue weighted by Gasteiger charge is 2.28. The van der Waals surface area contributed by atoms with Crippen molar-refractivity contribution in [3.8, 4) is 0 Å². The number of aromatic nitrogens is 3. The molecule has 0 saturated heterocycles. The van der Waals surface area contributed by atoms with Crippen LogP contribution < -0.4 is 11.2 Å². The minimum atomic E-state index is -0.541. The second-order valence-corrected chi connectivity index (χ2v) is 9.09. The summed E-state index contributed by atoms with van der Waals surface area (Å²) >= 11 is 0. The second-order valence-electron chi connectivity index (χ2n) is 9.09. The minimum Gasteiger partial charge on any atom is -0.336 e. The van der Waals surface area contributed by atoms with Crippen molar-refractivity contribution in [3.63, 3.8) is 0 Å². The molecule has 1 N–H and O–H groups in total. The Labute approximate surface area is 177 Å². The number of hydrogen-bond acceptors (Lipinski definition) is 4. The van der Waals surface area contributed by atoms with Gasteiger partial charge in [-0.25, -0.2) is 9.78 Å². The van der Waals surface area contributed by atoms with E-state index in [0.717, 1.165) is 25.7 Å². The van der Waals surface area contributed by atoms with E-state index in [1.807, 2.05) is 39.5 Å². The molecule has 2 heterocycles. The van der Waals surface area contributed by atoms with Gasteiger partial charge in [-0.15, -0.1) is 0 Å². The number of nitrogens with one attached hydrogen (secondary N) is 1. The van der Waals surface area contributed by atoms with Crippen LogP contribution in [0.4, 0.5) is 0 Å². The maximum Gasteiger partial charge on any atom is 0.330 e. The highest BCUT2D eigenvalue weighted by atomic mass is 16.2. The van der Waals surface area contributed by atoms with E-state index >= 15 is 0 Å². The molecule has 2 aromatic heterocycles. The lowest BCUT2D eigenvalue weighted by Crippen LogP contribution is -2.42. The van der Waals surface area contributed by atoms with Crippen LogP contribution >= 0.6 is 0 Å². The maximum atomic E-state index is 13.7. The van der Waals surface area contributed by atoms with E-state index < -0.39 is 11.2 Å². The van der Waals surface area contributed by atoms with Gasteiger partial charge in [0.15, 0.2) is 5.65 Å². The number of rotatable bonds is 6. The normalized spacial score (nSPS) is 15.3. The molecule has 1 fully saturated rings. The van der Waals surface area contributed by atoms with Gasteiger partial charge in [-0.05, 0) is 37.7 Å². The average Bonchev–Trinajstić information content (AvgIpc) is 2.71. The van der Waals surface area contributed by atoms with Crippen molar-refractivity contribution in [2.24, 2.45) is 5.92 Å². The fourth-order valence-corrected chi connectivity index (χ4v) is 4.41. The molecule has 164 valence electrons. The number of H-pyrrole nitrogens is 1. The quantitative estimate of drug-likeness (QED) is 0.781. The van der Waals surface area contributed by atoms with Gasteiger partial charge in [-0.3, -0.25) is 19.1 Å². The number of nitrogens with zero attached hydrogens (tertiary/aromatic N) is 3. The molecule has 7 nitrogen and oxygen atoms in total. The van der Waals surface area contributed by atoms with Gasteiger partial charge in [0.25, 0.3) is 11.5 Å². The van der Waals surface area contributed by atoms with Gasteiger partial charge in [-0.2, -0.15) is 0 Å². The summed E-state index contributed by atoms with van der Waals surface area (Å²) in [6.45, 7) is 11.0. The molecule has 0 bridgehead atoms. The highest BCUT2D eigenvalue weighted by molar-refractivity contribution is 6.05. The number of pyridine rings is 1. The molecule has 30 heavy (non-hydrogen) atoms. The third-order valence-electron chi connectivity index (χ3n) is 5.96. The Hall–Kier alpha value is -2.44. The molecule has 0 atom stereocenters. The molecular weight excluding hydrogens is 380 g/mol. The molecule has 1 aliphatic rings. The molecule has 2 aromatic rings. The van der Waals surface area contributed by atoms with E-state index in [0.29, 0.717) is 30.0 Å². The summed E-state index contributed by atoms with van der Waals surface area (Å²) in [7, 11) is 0. The van der Waals surface area contributed by atoms with Crippen LogP contribution in [0.15, 0.2) is 15.7 Å². The standard InChI is InChI=1S/C23H34N4O3/c1-6-26(16-10-8-7-9-11-16)22(29)17-12-18(15(4)5)24-20-19(17)21(28)25-23(30)27(20)13-14(2)3/h12,14-16H,6-11,13H2,1-5H3,(H,25,28,30). The van der Waals surface area contributed by atoms with Gasteiger partial charge in [0.1, 0.15) is 0 Å². The van der Waals surface area contributed by atoms with Gasteiger partial charge < -0.3 is 4.90 Å². The topological polar surface area (TPSA) is 88.1 Å². The lowest BCUT2D eigenvalue weighted by atomic mass is 9.93. The van der Waals surface area contributed by atoms with E-state index in [9.17, 15) is 14.4 Å². The van der Waals surface area contributed by atoms with Crippen LogP contribution in [0.5, 0.6) is 0 Å². The zero-order valence-electron chi connectivity index (χ0n) is 18.8. The monoisotopic (exact) mass is 414 g/mol. The zero-order valence-corrected chi connectivity index (χ0v) is 18.8. The molecule has 0 aromatic carbocycles. The van der Waals surface area contributed by atoms with Gasteiger partial charge in [0.2, 0.25) is 0 Å². The first-order valence-corrected chi connectivity index (χ1v) is 11.2. The van der Waals surface area contributed by atoms with Crippen LogP contribution in [0.3, 0.4) is 0 Å².